The number of aromatic nitrogens is 2. The van der Waals surface area contributed by atoms with Crippen LogP contribution in [0.3, 0.4) is 0 Å². The van der Waals surface area contributed by atoms with E-state index in [2.05, 4.69) is 20.8 Å². The molecule has 0 unspecified atom stereocenters. The number of nitrogens with zero attached hydrogens (tertiary/aromatic N) is 1. The highest BCUT2D eigenvalue weighted by Gasteiger charge is 2.25. The minimum absolute atomic E-state index is 0.124. The maximum absolute atomic E-state index is 13.1. The molecule has 140 valence electrons. The van der Waals surface area contributed by atoms with Gasteiger partial charge in [0, 0.05) is 23.4 Å². The summed E-state index contributed by atoms with van der Waals surface area (Å²) in [5.74, 6) is 1.00. The van der Waals surface area contributed by atoms with Crippen LogP contribution in [0.15, 0.2) is 48.5 Å². The van der Waals surface area contributed by atoms with Crippen molar-refractivity contribution in [2.24, 2.45) is 0 Å². The van der Waals surface area contributed by atoms with Gasteiger partial charge in [-0.3, -0.25) is 5.10 Å². The topological polar surface area (TPSA) is 73.0 Å². The number of hydrogen-bond donors (Lipinski definition) is 4. The van der Waals surface area contributed by atoms with E-state index in [1.54, 1.807) is 18.2 Å². The number of aromatic amines is 1. The van der Waals surface area contributed by atoms with E-state index in [1.165, 1.54) is 25.0 Å². The zero-order chi connectivity index (χ0) is 18.8. The Balaban J connectivity index is 1.51. The van der Waals surface area contributed by atoms with Gasteiger partial charge in [0.05, 0.1) is 23.4 Å². The molecule has 1 atom stereocenters. The fourth-order valence-corrected chi connectivity index (χ4v) is 3.15. The first kappa shape index (κ1) is 17.8. The van der Waals surface area contributed by atoms with Gasteiger partial charge >= 0.3 is 0 Å². The van der Waals surface area contributed by atoms with Gasteiger partial charge in [-0.2, -0.15) is 5.10 Å². The lowest BCUT2D eigenvalue weighted by Gasteiger charge is -2.19. The van der Waals surface area contributed by atoms with E-state index in [1.807, 2.05) is 18.2 Å². The van der Waals surface area contributed by atoms with Crippen molar-refractivity contribution in [2.45, 2.75) is 24.8 Å². The zero-order valence-electron chi connectivity index (χ0n) is 14.5. The lowest BCUT2D eigenvalue weighted by Crippen LogP contribution is -2.15. The molecule has 1 aliphatic carbocycles. The molecule has 0 amide bonds. The third kappa shape index (κ3) is 4.23. The van der Waals surface area contributed by atoms with Crippen LogP contribution in [0.4, 0.5) is 21.6 Å². The third-order valence-electron chi connectivity index (χ3n) is 4.64. The molecule has 27 heavy (non-hydrogen) atoms. The number of halogens is 2. The van der Waals surface area contributed by atoms with Crippen molar-refractivity contribution in [1.82, 2.24) is 10.2 Å². The molecule has 1 aromatic heterocycles. The summed E-state index contributed by atoms with van der Waals surface area (Å²) >= 11 is 6.31. The maximum atomic E-state index is 13.1. The van der Waals surface area contributed by atoms with Crippen LogP contribution in [-0.2, 0) is 0 Å². The molecule has 1 saturated carbocycles. The highest BCUT2D eigenvalue weighted by molar-refractivity contribution is 6.33. The summed E-state index contributed by atoms with van der Waals surface area (Å²) in [7, 11) is 0. The number of nitrogens with one attached hydrogen (secondary N) is 3. The largest absolute Gasteiger partial charge is 0.394 e. The van der Waals surface area contributed by atoms with Gasteiger partial charge in [-0.05, 0) is 48.7 Å². The molecule has 0 spiro atoms. The number of aliphatic hydroxyl groups is 1. The first-order chi connectivity index (χ1) is 13.1. The molecule has 1 heterocycles. The van der Waals surface area contributed by atoms with Crippen LogP contribution in [0, 0.1) is 5.82 Å². The van der Waals surface area contributed by atoms with E-state index >= 15 is 0 Å². The average molecular weight is 387 g/mol. The zero-order valence-corrected chi connectivity index (χ0v) is 15.3. The van der Waals surface area contributed by atoms with Crippen molar-refractivity contribution in [1.29, 1.82) is 0 Å². The molecule has 4 rings (SSSR count). The van der Waals surface area contributed by atoms with E-state index in [0.29, 0.717) is 22.4 Å². The lowest BCUT2D eigenvalue weighted by molar-refractivity contribution is 0.276. The summed E-state index contributed by atoms with van der Waals surface area (Å²) < 4.78 is 13.1. The molecular weight excluding hydrogens is 367 g/mol. The molecule has 3 aromatic rings. The summed E-state index contributed by atoms with van der Waals surface area (Å²) in [6, 6.07) is 13.2. The SMILES string of the molecule is OC[C@H](Nc1ccc(Cl)c(Nc2cc(C3CC3)[nH]n2)c1)c1ccc(F)cc1. The highest BCUT2D eigenvalue weighted by atomic mass is 35.5. The molecule has 5 nitrogen and oxygen atoms in total. The van der Waals surface area contributed by atoms with E-state index in [4.69, 9.17) is 11.6 Å². The molecule has 0 aliphatic heterocycles. The predicted octanol–water partition coefficient (Wildman–Crippen LogP) is 4.97. The second-order valence-corrected chi connectivity index (χ2v) is 7.14. The molecule has 1 fully saturated rings. The van der Waals surface area contributed by atoms with E-state index < -0.39 is 0 Å². The normalized spacial score (nSPS) is 14.8. The van der Waals surface area contributed by atoms with E-state index in [-0.39, 0.29) is 18.5 Å². The monoisotopic (exact) mass is 386 g/mol. The summed E-state index contributed by atoms with van der Waals surface area (Å²) in [6.45, 7) is -0.124. The van der Waals surface area contributed by atoms with Crippen molar-refractivity contribution >= 4 is 28.8 Å². The van der Waals surface area contributed by atoms with E-state index in [0.717, 1.165) is 16.9 Å². The summed E-state index contributed by atoms with van der Waals surface area (Å²) in [4.78, 5) is 0. The average Bonchev–Trinajstić information content (AvgIpc) is 3.42. The van der Waals surface area contributed by atoms with Crippen LogP contribution < -0.4 is 10.6 Å². The van der Waals surface area contributed by atoms with Crippen molar-refractivity contribution in [3.8, 4) is 0 Å². The van der Waals surface area contributed by atoms with Crippen LogP contribution in [0.2, 0.25) is 5.02 Å². The maximum Gasteiger partial charge on any atom is 0.152 e. The van der Waals surface area contributed by atoms with Crippen LogP contribution in [0.25, 0.3) is 0 Å². The number of hydrogen-bond acceptors (Lipinski definition) is 4. The Bertz CT molecular complexity index is 924. The van der Waals surface area contributed by atoms with Gasteiger partial charge in [-0.1, -0.05) is 23.7 Å². The van der Waals surface area contributed by atoms with Gasteiger partial charge in [0.15, 0.2) is 5.82 Å². The molecule has 0 bridgehead atoms. The van der Waals surface area contributed by atoms with Crippen LogP contribution in [0.1, 0.15) is 36.1 Å². The quantitative estimate of drug-likeness (QED) is 0.462. The Kier molecular flexibility index (Phi) is 5.01. The van der Waals surface area contributed by atoms with Gasteiger partial charge in [-0.25, -0.2) is 4.39 Å². The number of aliphatic hydroxyl groups excluding tert-OH is 1. The lowest BCUT2D eigenvalue weighted by atomic mass is 10.1. The fraction of sp³-hybridized carbons (Fsp3) is 0.250. The molecule has 2 aromatic carbocycles. The Labute approximate surface area is 161 Å². The Morgan fingerprint density at radius 1 is 1.19 bits per heavy atom. The van der Waals surface area contributed by atoms with Crippen molar-refractivity contribution in [3.05, 3.63) is 70.6 Å². The fourth-order valence-electron chi connectivity index (χ4n) is 2.98. The van der Waals surface area contributed by atoms with Gasteiger partial charge in [0.2, 0.25) is 0 Å². The Morgan fingerprint density at radius 2 is 1.96 bits per heavy atom. The molecular formula is C20H20ClFN4O. The Hall–Kier alpha value is -2.57. The molecule has 1 aliphatic rings. The van der Waals surface area contributed by atoms with Gasteiger partial charge in [-0.15, -0.1) is 0 Å². The minimum atomic E-state index is -0.355. The minimum Gasteiger partial charge on any atom is -0.394 e. The second kappa shape index (κ2) is 7.58. The molecule has 0 radical (unpaired) electrons. The van der Waals surface area contributed by atoms with Crippen LogP contribution in [0.5, 0.6) is 0 Å². The third-order valence-corrected chi connectivity index (χ3v) is 4.97. The summed E-state index contributed by atoms with van der Waals surface area (Å²) in [5, 5.41) is 24.1. The molecule has 4 N–H and O–H groups in total. The Morgan fingerprint density at radius 3 is 2.67 bits per heavy atom. The van der Waals surface area contributed by atoms with Crippen molar-refractivity contribution in [2.75, 3.05) is 17.2 Å². The highest BCUT2D eigenvalue weighted by Crippen LogP contribution is 2.40. The van der Waals surface area contributed by atoms with Crippen molar-refractivity contribution < 1.29 is 9.50 Å². The smallest absolute Gasteiger partial charge is 0.152 e. The number of benzene rings is 2. The van der Waals surface area contributed by atoms with Crippen molar-refractivity contribution in [3.63, 3.8) is 0 Å². The van der Waals surface area contributed by atoms with Crippen LogP contribution >= 0.6 is 11.6 Å². The van der Waals surface area contributed by atoms with Gasteiger partial charge < -0.3 is 15.7 Å². The van der Waals surface area contributed by atoms with E-state index in [9.17, 15) is 9.50 Å². The second-order valence-electron chi connectivity index (χ2n) is 6.73. The first-order valence-electron chi connectivity index (χ1n) is 8.87. The van der Waals surface area contributed by atoms with Gasteiger partial charge in [0.25, 0.3) is 0 Å². The van der Waals surface area contributed by atoms with Crippen LogP contribution in [-0.4, -0.2) is 21.9 Å². The predicted molar refractivity (Wildman–Crippen MR) is 105 cm³/mol. The molecule has 0 saturated heterocycles. The number of rotatable bonds is 7. The first-order valence-corrected chi connectivity index (χ1v) is 9.25. The van der Waals surface area contributed by atoms with Gasteiger partial charge in [0.1, 0.15) is 5.82 Å². The number of anilines is 3. The number of H-pyrrole nitrogens is 1. The summed E-state index contributed by atoms with van der Waals surface area (Å²) in [5.41, 5.74) is 3.43. The summed E-state index contributed by atoms with van der Waals surface area (Å²) in [6.07, 6.45) is 2.40. The standard InChI is InChI=1S/C20H20ClFN4O/c21-16-8-7-15(23-19(11-27)13-3-5-14(22)6-4-13)9-18(16)24-20-10-17(25-26-20)12-1-2-12/h3-10,12,19,23,27H,1-2,11H2,(H2,24,25,26)/t19-/m0/s1. The molecule has 7 heteroatoms.